The van der Waals surface area contributed by atoms with Crippen LogP contribution in [0.1, 0.15) is 6.42 Å². The van der Waals surface area contributed by atoms with Crippen molar-refractivity contribution in [2.75, 3.05) is 26.1 Å². The zero-order chi connectivity index (χ0) is 11.1. The van der Waals surface area contributed by atoms with Crippen LogP contribution in [0.25, 0.3) is 0 Å². The first-order valence-corrected chi connectivity index (χ1v) is 4.71. The van der Waals surface area contributed by atoms with Gasteiger partial charge in [0.25, 0.3) is 0 Å². The number of benzene rings is 1. The highest BCUT2D eigenvalue weighted by molar-refractivity contribution is 5.70. The highest BCUT2D eigenvalue weighted by Crippen LogP contribution is 2.22. The third-order valence-electron chi connectivity index (χ3n) is 1.98. The average Bonchev–Trinajstić information content (AvgIpc) is 2.29. The van der Waals surface area contributed by atoms with Crippen LogP contribution in [-0.4, -0.2) is 26.7 Å². The molecule has 0 unspecified atom stereocenters. The molecule has 0 saturated carbocycles. The van der Waals surface area contributed by atoms with Crippen molar-refractivity contribution in [3.63, 3.8) is 0 Å². The quantitative estimate of drug-likeness (QED) is 0.749. The predicted molar refractivity (Wildman–Crippen MR) is 58.1 cm³/mol. The molecule has 0 atom stereocenters. The molecular weight excluding hydrogens is 194 g/mol. The first-order chi connectivity index (χ1) is 7.27. The van der Waals surface area contributed by atoms with Crippen LogP contribution in [0.4, 0.5) is 5.69 Å². The monoisotopic (exact) mass is 209 g/mol. The minimum absolute atomic E-state index is 0.225. The fourth-order valence-electron chi connectivity index (χ4n) is 1.19. The summed E-state index contributed by atoms with van der Waals surface area (Å²) in [5, 5.41) is 3.10. The number of para-hydroxylation sites is 2. The number of rotatable bonds is 5. The minimum Gasteiger partial charge on any atom is -0.495 e. The number of esters is 1. The SMILES string of the molecule is COC(=O)CCNc1ccccc1OC. The molecule has 0 radical (unpaired) electrons. The summed E-state index contributed by atoms with van der Waals surface area (Å²) in [5.74, 6) is 0.541. The van der Waals surface area contributed by atoms with Gasteiger partial charge in [0.05, 0.1) is 26.3 Å². The Bertz CT molecular complexity index is 325. The van der Waals surface area contributed by atoms with Gasteiger partial charge in [0.2, 0.25) is 0 Å². The van der Waals surface area contributed by atoms with E-state index < -0.39 is 0 Å². The van der Waals surface area contributed by atoms with E-state index in [0.29, 0.717) is 13.0 Å². The summed E-state index contributed by atoms with van der Waals surface area (Å²) in [6.45, 7) is 0.535. The zero-order valence-electron chi connectivity index (χ0n) is 8.95. The van der Waals surface area contributed by atoms with Gasteiger partial charge in [0.1, 0.15) is 5.75 Å². The van der Waals surface area contributed by atoms with E-state index in [4.69, 9.17) is 4.74 Å². The van der Waals surface area contributed by atoms with Gasteiger partial charge in [-0.15, -0.1) is 0 Å². The Balaban J connectivity index is 2.46. The standard InChI is InChI=1S/C11H15NO3/c1-14-10-6-4-3-5-9(10)12-8-7-11(13)15-2/h3-6,12H,7-8H2,1-2H3. The van der Waals surface area contributed by atoms with Crippen LogP contribution in [0.5, 0.6) is 5.75 Å². The van der Waals surface area contributed by atoms with Gasteiger partial charge in [-0.1, -0.05) is 12.1 Å². The first kappa shape index (κ1) is 11.4. The van der Waals surface area contributed by atoms with Crippen LogP contribution in [0.15, 0.2) is 24.3 Å². The normalized spacial score (nSPS) is 9.47. The van der Waals surface area contributed by atoms with Crippen molar-refractivity contribution >= 4 is 11.7 Å². The van der Waals surface area contributed by atoms with Crippen LogP contribution >= 0.6 is 0 Å². The van der Waals surface area contributed by atoms with Crippen LogP contribution in [0.3, 0.4) is 0 Å². The summed E-state index contributed by atoms with van der Waals surface area (Å²) >= 11 is 0. The lowest BCUT2D eigenvalue weighted by Crippen LogP contribution is -2.10. The molecule has 15 heavy (non-hydrogen) atoms. The van der Waals surface area contributed by atoms with E-state index in [-0.39, 0.29) is 5.97 Å². The third-order valence-corrected chi connectivity index (χ3v) is 1.98. The molecule has 1 aromatic rings. The molecule has 0 aliphatic heterocycles. The van der Waals surface area contributed by atoms with E-state index in [9.17, 15) is 4.79 Å². The maximum Gasteiger partial charge on any atom is 0.307 e. The van der Waals surface area contributed by atoms with Crippen molar-refractivity contribution in [1.82, 2.24) is 0 Å². The summed E-state index contributed by atoms with van der Waals surface area (Å²) in [6.07, 6.45) is 0.342. The maximum absolute atomic E-state index is 10.9. The summed E-state index contributed by atoms with van der Waals surface area (Å²) < 4.78 is 9.69. The second-order valence-electron chi connectivity index (χ2n) is 2.95. The molecule has 0 aliphatic rings. The molecule has 0 aliphatic carbocycles. The maximum atomic E-state index is 10.9. The number of anilines is 1. The number of hydrogen-bond donors (Lipinski definition) is 1. The van der Waals surface area contributed by atoms with Crippen LogP contribution in [0.2, 0.25) is 0 Å². The molecule has 0 saturated heterocycles. The number of hydrogen-bond acceptors (Lipinski definition) is 4. The lowest BCUT2D eigenvalue weighted by Gasteiger charge is -2.09. The van der Waals surface area contributed by atoms with Crippen LogP contribution in [-0.2, 0) is 9.53 Å². The van der Waals surface area contributed by atoms with Crippen molar-refractivity contribution in [2.24, 2.45) is 0 Å². The van der Waals surface area contributed by atoms with Gasteiger partial charge in [0.15, 0.2) is 0 Å². The molecule has 4 heteroatoms. The molecule has 0 aromatic heterocycles. The molecule has 82 valence electrons. The van der Waals surface area contributed by atoms with Crippen molar-refractivity contribution in [3.05, 3.63) is 24.3 Å². The zero-order valence-corrected chi connectivity index (χ0v) is 8.95. The van der Waals surface area contributed by atoms with E-state index in [2.05, 4.69) is 10.1 Å². The van der Waals surface area contributed by atoms with E-state index in [1.165, 1.54) is 7.11 Å². The molecule has 0 amide bonds. The van der Waals surface area contributed by atoms with Crippen LogP contribution in [0, 0.1) is 0 Å². The molecule has 1 N–H and O–H groups in total. The molecule has 4 nitrogen and oxygen atoms in total. The van der Waals surface area contributed by atoms with Gasteiger partial charge in [0, 0.05) is 6.54 Å². The highest BCUT2D eigenvalue weighted by Gasteiger charge is 2.02. The predicted octanol–water partition coefficient (Wildman–Crippen LogP) is 1.67. The lowest BCUT2D eigenvalue weighted by atomic mass is 10.3. The van der Waals surface area contributed by atoms with Gasteiger partial charge in [-0.25, -0.2) is 0 Å². The Morgan fingerprint density at radius 3 is 2.73 bits per heavy atom. The molecule has 1 aromatic carbocycles. The topological polar surface area (TPSA) is 47.6 Å². The Hall–Kier alpha value is -1.71. The lowest BCUT2D eigenvalue weighted by molar-refractivity contribution is -0.140. The minimum atomic E-state index is -0.225. The second kappa shape index (κ2) is 5.90. The van der Waals surface area contributed by atoms with Crippen molar-refractivity contribution in [2.45, 2.75) is 6.42 Å². The van der Waals surface area contributed by atoms with Crippen molar-refractivity contribution < 1.29 is 14.3 Å². The number of carbonyl (C=O) groups is 1. The van der Waals surface area contributed by atoms with E-state index >= 15 is 0 Å². The fraction of sp³-hybridized carbons (Fsp3) is 0.364. The smallest absolute Gasteiger partial charge is 0.307 e. The Kier molecular flexibility index (Phi) is 4.47. The molecule has 0 spiro atoms. The Morgan fingerprint density at radius 2 is 2.07 bits per heavy atom. The van der Waals surface area contributed by atoms with Crippen molar-refractivity contribution in [3.8, 4) is 5.75 Å². The first-order valence-electron chi connectivity index (χ1n) is 4.71. The van der Waals surface area contributed by atoms with Crippen LogP contribution < -0.4 is 10.1 Å². The molecule has 0 heterocycles. The Labute approximate surface area is 89.2 Å². The summed E-state index contributed by atoms with van der Waals surface area (Å²) in [5.41, 5.74) is 0.879. The highest BCUT2D eigenvalue weighted by atomic mass is 16.5. The molecule has 0 bridgehead atoms. The molecular formula is C11H15NO3. The summed E-state index contributed by atoms with van der Waals surface area (Å²) in [7, 11) is 2.99. The second-order valence-corrected chi connectivity index (χ2v) is 2.95. The summed E-state index contributed by atoms with van der Waals surface area (Å²) in [4.78, 5) is 10.9. The van der Waals surface area contributed by atoms with E-state index in [1.54, 1.807) is 7.11 Å². The molecule has 0 fully saturated rings. The average molecular weight is 209 g/mol. The third kappa shape index (κ3) is 3.50. The van der Waals surface area contributed by atoms with Gasteiger partial charge < -0.3 is 14.8 Å². The van der Waals surface area contributed by atoms with E-state index in [0.717, 1.165) is 11.4 Å². The number of carbonyl (C=O) groups excluding carboxylic acids is 1. The fourth-order valence-corrected chi connectivity index (χ4v) is 1.19. The summed E-state index contributed by atoms with van der Waals surface area (Å²) in [6, 6.07) is 7.56. The number of ether oxygens (including phenoxy) is 2. The number of methoxy groups -OCH3 is 2. The van der Waals surface area contributed by atoms with Gasteiger partial charge in [-0.2, -0.15) is 0 Å². The van der Waals surface area contributed by atoms with E-state index in [1.807, 2.05) is 24.3 Å². The molecule has 1 rings (SSSR count). The largest absolute Gasteiger partial charge is 0.495 e. The van der Waals surface area contributed by atoms with Gasteiger partial charge in [-0.3, -0.25) is 4.79 Å². The van der Waals surface area contributed by atoms with Gasteiger partial charge in [-0.05, 0) is 12.1 Å². The Morgan fingerprint density at radius 1 is 1.33 bits per heavy atom. The van der Waals surface area contributed by atoms with Crippen molar-refractivity contribution in [1.29, 1.82) is 0 Å². The van der Waals surface area contributed by atoms with Gasteiger partial charge >= 0.3 is 5.97 Å². The number of nitrogens with one attached hydrogen (secondary N) is 1.